The zero-order valence-corrected chi connectivity index (χ0v) is 10.7. The lowest BCUT2D eigenvalue weighted by Gasteiger charge is -2.22. The molecule has 1 aromatic carbocycles. The van der Waals surface area contributed by atoms with Crippen molar-refractivity contribution in [2.75, 3.05) is 13.1 Å². The number of benzene rings is 1. The Bertz CT molecular complexity index is 481. The molecule has 1 aliphatic heterocycles. The monoisotopic (exact) mass is 269 g/mol. The second-order valence-corrected chi connectivity index (χ2v) is 4.75. The van der Waals surface area contributed by atoms with E-state index in [2.05, 4.69) is 5.32 Å². The topological polar surface area (TPSA) is 58.4 Å². The van der Waals surface area contributed by atoms with Gasteiger partial charge in [0.15, 0.2) is 11.6 Å². The standard InChI is InChI=1S/C13H17F2N3O/c1-8(4-5-16)18-7-12(17-13(18)19)9-2-3-10(14)11(15)6-9/h2-3,6,8,12H,4-5,7,16H2,1H3,(H,17,19). The predicted molar refractivity (Wildman–Crippen MR) is 67.5 cm³/mol. The third-order valence-corrected chi connectivity index (χ3v) is 3.40. The molecule has 2 rings (SSSR count). The van der Waals surface area contributed by atoms with Gasteiger partial charge in [0, 0.05) is 12.6 Å². The smallest absolute Gasteiger partial charge is 0.318 e. The fraction of sp³-hybridized carbons (Fsp3) is 0.462. The van der Waals surface area contributed by atoms with E-state index in [1.807, 2.05) is 6.92 Å². The van der Waals surface area contributed by atoms with Gasteiger partial charge in [-0.2, -0.15) is 0 Å². The van der Waals surface area contributed by atoms with E-state index >= 15 is 0 Å². The van der Waals surface area contributed by atoms with Gasteiger partial charge in [-0.05, 0) is 37.6 Å². The second-order valence-electron chi connectivity index (χ2n) is 4.75. The third kappa shape index (κ3) is 2.84. The minimum atomic E-state index is -0.903. The average molecular weight is 269 g/mol. The quantitative estimate of drug-likeness (QED) is 0.875. The molecule has 1 aliphatic rings. The normalized spacial score (nSPS) is 20.5. The van der Waals surface area contributed by atoms with Crippen molar-refractivity contribution in [3.8, 4) is 0 Å². The summed E-state index contributed by atoms with van der Waals surface area (Å²) < 4.78 is 26.1. The fourth-order valence-electron chi connectivity index (χ4n) is 2.25. The predicted octanol–water partition coefficient (Wildman–Crippen LogP) is 1.77. The molecule has 1 heterocycles. The number of nitrogens with one attached hydrogen (secondary N) is 1. The number of hydrogen-bond donors (Lipinski definition) is 2. The van der Waals surface area contributed by atoms with E-state index in [-0.39, 0.29) is 18.1 Å². The summed E-state index contributed by atoms with van der Waals surface area (Å²) in [6, 6.07) is 3.19. The Labute approximate surface area is 110 Å². The molecule has 0 radical (unpaired) electrons. The molecule has 0 spiro atoms. The highest BCUT2D eigenvalue weighted by Crippen LogP contribution is 2.23. The number of nitrogens with two attached hydrogens (primary N) is 1. The van der Waals surface area contributed by atoms with Crippen molar-refractivity contribution in [3.63, 3.8) is 0 Å². The lowest BCUT2D eigenvalue weighted by molar-refractivity contribution is 0.199. The van der Waals surface area contributed by atoms with Gasteiger partial charge in [0.25, 0.3) is 0 Å². The van der Waals surface area contributed by atoms with Crippen LogP contribution in [0.25, 0.3) is 0 Å². The van der Waals surface area contributed by atoms with Crippen molar-refractivity contribution in [2.24, 2.45) is 5.73 Å². The van der Waals surface area contributed by atoms with Crippen molar-refractivity contribution in [1.82, 2.24) is 10.2 Å². The molecule has 0 aromatic heterocycles. The Morgan fingerprint density at radius 2 is 2.21 bits per heavy atom. The van der Waals surface area contributed by atoms with Gasteiger partial charge in [0.2, 0.25) is 0 Å². The molecule has 2 unspecified atom stereocenters. The first-order valence-corrected chi connectivity index (χ1v) is 6.25. The Hall–Kier alpha value is -1.69. The molecule has 19 heavy (non-hydrogen) atoms. The molecule has 0 aliphatic carbocycles. The van der Waals surface area contributed by atoms with Crippen LogP contribution < -0.4 is 11.1 Å². The largest absolute Gasteiger partial charge is 0.330 e. The maximum absolute atomic E-state index is 13.2. The summed E-state index contributed by atoms with van der Waals surface area (Å²) in [5.41, 5.74) is 6.04. The van der Waals surface area contributed by atoms with Crippen LogP contribution in [0.2, 0.25) is 0 Å². The SMILES string of the molecule is CC(CCN)N1CC(c2ccc(F)c(F)c2)NC1=O. The summed E-state index contributed by atoms with van der Waals surface area (Å²) >= 11 is 0. The van der Waals surface area contributed by atoms with Crippen molar-refractivity contribution in [1.29, 1.82) is 0 Å². The fourth-order valence-corrected chi connectivity index (χ4v) is 2.25. The molecule has 2 amide bonds. The van der Waals surface area contributed by atoms with Gasteiger partial charge in [0.1, 0.15) is 0 Å². The Morgan fingerprint density at radius 3 is 2.84 bits per heavy atom. The average Bonchev–Trinajstić information content (AvgIpc) is 2.75. The number of rotatable bonds is 4. The van der Waals surface area contributed by atoms with E-state index in [0.717, 1.165) is 12.1 Å². The zero-order valence-electron chi connectivity index (χ0n) is 10.7. The summed E-state index contributed by atoms with van der Waals surface area (Å²) in [5, 5.41) is 2.76. The number of nitrogens with zero attached hydrogens (tertiary/aromatic N) is 1. The maximum atomic E-state index is 13.2. The van der Waals surface area contributed by atoms with Gasteiger partial charge in [-0.15, -0.1) is 0 Å². The molecular formula is C13H17F2N3O. The molecule has 3 N–H and O–H groups in total. The Kier molecular flexibility index (Phi) is 3.99. The summed E-state index contributed by atoms with van der Waals surface area (Å²) in [6.45, 7) is 2.85. The number of urea groups is 1. The Balaban J connectivity index is 2.11. The van der Waals surface area contributed by atoms with Crippen LogP contribution >= 0.6 is 0 Å². The lowest BCUT2D eigenvalue weighted by Crippen LogP contribution is -2.37. The molecule has 1 aromatic rings. The number of halogens is 2. The first-order valence-electron chi connectivity index (χ1n) is 6.25. The molecule has 0 saturated carbocycles. The van der Waals surface area contributed by atoms with Crippen LogP contribution in [0.5, 0.6) is 0 Å². The van der Waals surface area contributed by atoms with Gasteiger partial charge >= 0.3 is 6.03 Å². The van der Waals surface area contributed by atoms with Gasteiger partial charge in [-0.25, -0.2) is 13.6 Å². The van der Waals surface area contributed by atoms with E-state index in [1.54, 1.807) is 4.90 Å². The minimum absolute atomic E-state index is 0.0281. The van der Waals surface area contributed by atoms with Gasteiger partial charge in [0.05, 0.1) is 6.04 Å². The number of carbonyl (C=O) groups excluding carboxylic acids is 1. The van der Waals surface area contributed by atoms with Crippen LogP contribution in [0.1, 0.15) is 24.9 Å². The molecule has 6 heteroatoms. The van der Waals surface area contributed by atoms with Crippen LogP contribution in [0.15, 0.2) is 18.2 Å². The van der Waals surface area contributed by atoms with Crippen molar-refractivity contribution >= 4 is 6.03 Å². The zero-order chi connectivity index (χ0) is 14.0. The highest BCUT2D eigenvalue weighted by Gasteiger charge is 2.32. The molecule has 0 bridgehead atoms. The molecule has 4 nitrogen and oxygen atoms in total. The molecule has 1 fully saturated rings. The highest BCUT2D eigenvalue weighted by atomic mass is 19.2. The Morgan fingerprint density at radius 1 is 1.47 bits per heavy atom. The lowest BCUT2D eigenvalue weighted by atomic mass is 10.1. The molecule has 2 atom stereocenters. The highest BCUT2D eigenvalue weighted by molar-refractivity contribution is 5.77. The number of hydrogen-bond acceptors (Lipinski definition) is 2. The number of amides is 2. The van der Waals surface area contributed by atoms with Gasteiger partial charge in [-0.3, -0.25) is 0 Å². The van der Waals surface area contributed by atoms with E-state index in [0.29, 0.717) is 25.1 Å². The van der Waals surface area contributed by atoms with Gasteiger partial charge < -0.3 is 16.0 Å². The van der Waals surface area contributed by atoms with Crippen molar-refractivity contribution in [2.45, 2.75) is 25.4 Å². The maximum Gasteiger partial charge on any atom is 0.318 e. The van der Waals surface area contributed by atoms with Crippen LogP contribution in [-0.2, 0) is 0 Å². The summed E-state index contributed by atoms with van der Waals surface area (Å²) in [7, 11) is 0. The van der Waals surface area contributed by atoms with Crippen LogP contribution in [0.3, 0.4) is 0 Å². The summed E-state index contributed by atoms with van der Waals surface area (Å²) in [6.07, 6.45) is 0.706. The minimum Gasteiger partial charge on any atom is -0.330 e. The molecular weight excluding hydrogens is 252 g/mol. The van der Waals surface area contributed by atoms with Crippen molar-refractivity contribution < 1.29 is 13.6 Å². The molecule has 1 saturated heterocycles. The van der Waals surface area contributed by atoms with E-state index in [9.17, 15) is 13.6 Å². The summed E-state index contributed by atoms with van der Waals surface area (Å²) in [5.74, 6) is -1.79. The van der Waals surface area contributed by atoms with E-state index in [1.165, 1.54) is 6.07 Å². The summed E-state index contributed by atoms with van der Waals surface area (Å²) in [4.78, 5) is 13.5. The molecule has 104 valence electrons. The second kappa shape index (κ2) is 5.52. The van der Waals surface area contributed by atoms with Crippen LogP contribution in [0, 0.1) is 11.6 Å². The van der Waals surface area contributed by atoms with Crippen LogP contribution in [-0.4, -0.2) is 30.1 Å². The van der Waals surface area contributed by atoms with Crippen LogP contribution in [0.4, 0.5) is 13.6 Å². The third-order valence-electron chi connectivity index (χ3n) is 3.40. The van der Waals surface area contributed by atoms with E-state index < -0.39 is 11.6 Å². The first kappa shape index (κ1) is 13.7. The van der Waals surface area contributed by atoms with E-state index in [4.69, 9.17) is 5.73 Å². The van der Waals surface area contributed by atoms with Crippen molar-refractivity contribution in [3.05, 3.63) is 35.4 Å². The van der Waals surface area contributed by atoms with Gasteiger partial charge in [-0.1, -0.05) is 6.07 Å². The first-order chi connectivity index (χ1) is 9.02. The number of carbonyl (C=O) groups is 1.